The van der Waals surface area contributed by atoms with Gasteiger partial charge in [0.2, 0.25) is 5.91 Å². The molecule has 98 valence electrons. The van der Waals surface area contributed by atoms with Gasteiger partial charge in [0.25, 0.3) is 0 Å². The van der Waals surface area contributed by atoms with Gasteiger partial charge in [-0.25, -0.2) is 0 Å². The molecule has 0 saturated heterocycles. The molecule has 1 aliphatic carbocycles. The van der Waals surface area contributed by atoms with Crippen molar-refractivity contribution in [1.82, 2.24) is 5.32 Å². The Hall–Kier alpha value is -0.870. The monoisotopic (exact) mass is 310 g/mol. The molecule has 0 bridgehead atoms. The lowest BCUT2D eigenvalue weighted by molar-refractivity contribution is -0.115. The van der Waals surface area contributed by atoms with Crippen molar-refractivity contribution in [2.24, 2.45) is 5.92 Å². The predicted molar refractivity (Wildman–Crippen MR) is 77.8 cm³/mol. The zero-order chi connectivity index (χ0) is 13.1. The highest BCUT2D eigenvalue weighted by Crippen LogP contribution is 2.27. The van der Waals surface area contributed by atoms with E-state index >= 15 is 0 Å². The van der Waals surface area contributed by atoms with Crippen LogP contribution >= 0.6 is 15.9 Å². The van der Waals surface area contributed by atoms with E-state index in [0.717, 1.165) is 33.7 Å². The first-order valence-electron chi connectivity index (χ1n) is 6.33. The van der Waals surface area contributed by atoms with Crippen LogP contribution in [0.4, 0.5) is 5.69 Å². The number of halogens is 1. The minimum absolute atomic E-state index is 0.0248. The van der Waals surface area contributed by atoms with Gasteiger partial charge < -0.3 is 10.6 Å². The van der Waals surface area contributed by atoms with Crippen LogP contribution in [0.2, 0.25) is 0 Å². The third-order valence-electron chi connectivity index (χ3n) is 3.14. The average Bonchev–Trinajstić information content (AvgIpc) is 3.09. The molecule has 0 radical (unpaired) electrons. The summed E-state index contributed by atoms with van der Waals surface area (Å²) in [6.07, 6.45) is 2.61. The van der Waals surface area contributed by atoms with Crippen molar-refractivity contribution >= 4 is 27.5 Å². The Kier molecular flexibility index (Phi) is 4.40. The topological polar surface area (TPSA) is 41.1 Å². The van der Waals surface area contributed by atoms with Crippen LogP contribution in [0.1, 0.15) is 24.0 Å². The maximum Gasteiger partial charge on any atom is 0.238 e. The number of aryl methyl sites for hydroxylation is 2. The van der Waals surface area contributed by atoms with E-state index in [4.69, 9.17) is 0 Å². The lowest BCUT2D eigenvalue weighted by Gasteiger charge is -2.10. The summed E-state index contributed by atoms with van der Waals surface area (Å²) in [6, 6.07) is 3.96. The minimum atomic E-state index is 0.0248. The highest BCUT2D eigenvalue weighted by atomic mass is 79.9. The smallest absolute Gasteiger partial charge is 0.238 e. The van der Waals surface area contributed by atoms with E-state index in [2.05, 4.69) is 26.6 Å². The number of carbonyl (C=O) groups is 1. The third-order valence-corrected chi connectivity index (χ3v) is 4.39. The molecule has 1 aliphatic rings. The molecule has 1 aromatic carbocycles. The minimum Gasteiger partial charge on any atom is -0.325 e. The van der Waals surface area contributed by atoms with Crippen molar-refractivity contribution in [3.63, 3.8) is 0 Å². The van der Waals surface area contributed by atoms with Crippen LogP contribution in [0.15, 0.2) is 16.6 Å². The third kappa shape index (κ3) is 3.82. The van der Waals surface area contributed by atoms with Gasteiger partial charge in [-0.05, 0) is 62.4 Å². The molecule has 1 amide bonds. The van der Waals surface area contributed by atoms with E-state index in [-0.39, 0.29) is 5.91 Å². The number of hydrogen-bond donors (Lipinski definition) is 2. The van der Waals surface area contributed by atoms with Gasteiger partial charge in [-0.3, -0.25) is 4.79 Å². The summed E-state index contributed by atoms with van der Waals surface area (Å²) in [5.74, 6) is 0.826. The van der Waals surface area contributed by atoms with Gasteiger partial charge in [0.1, 0.15) is 0 Å². The molecule has 3 nitrogen and oxygen atoms in total. The SMILES string of the molecule is Cc1cc(NC(=O)CNCC2CC2)cc(C)c1Br. The number of benzene rings is 1. The Morgan fingerprint density at radius 3 is 2.50 bits per heavy atom. The first-order valence-corrected chi connectivity index (χ1v) is 7.13. The van der Waals surface area contributed by atoms with E-state index in [0.29, 0.717) is 6.54 Å². The molecule has 0 atom stereocenters. The van der Waals surface area contributed by atoms with Crippen molar-refractivity contribution in [3.8, 4) is 0 Å². The second-order valence-electron chi connectivity index (χ2n) is 5.05. The van der Waals surface area contributed by atoms with Crippen LogP contribution in [0, 0.1) is 19.8 Å². The molecule has 1 aromatic rings. The van der Waals surface area contributed by atoms with E-state index in [1.54, 1.807) is 0 Å². The summed E-state index contributed by atoms with van der Waals surface area (Å²) >= 11 is 3.52. The van der Waals surface area contributed by atoms with Crippen LogP contribution in [-0.4, -0.2) is 19.0 Å². The molecular formula is C14H19BrN2O. The van der Waals surface area contributed by atoms with Crippen molar-refractivity contribution in [2.45, 2.75) is 26.7 Å². The van der Waals surface area contributed by atoms with E-state index in [1.165, 1.54) is 12.8 Å². The van der Waals surface area contributed by atoms with Gasteiger partial charge in [-0.2, -0.15) is 0 Å². The molecule has 4 heteroatoms. The predicted octanol–water partition coefficient (Wildman–Crippen LogP) is 3.00. The van der Waals surface area contributed by atoms with E-state index in [1.807, 2.05) is 26.0 Å². The molecule has 18 heavy (non-hydrogen) atoms. The number of amides is 1. The highest BCUT2D eigenvalue weighted by Gasteiger charge is 2.20. The maximum atomic E-state index is 11.7. The fourth-order valence-corrected chi connectivity index (χ4v) is 2.16. The average molecular weight is 311 g/mol. The second-order valence-corrected chi connectivity index (χ2v) is 5.84. The Morgan fingerprint density at radius 2 is 1.94 bits per heavy atom. The Balaban J connectivity index is 1.85. The molecule has 2 N–H and O–H groups in total. The zero-order valence-electron chi connectivity index (χ0n) is 10.8. The van der Waals surface area contributed by atoms with Gasteiger partial charge in [-0.15, -0.1) is 0 Å². The summed E-state index contributed by atoms with van der Waals surface area (Å²) in [7, 11) is 0. The number of nitrogens with one attached hydrogen (secondary N) is 2. The summed E-state index contributed by atoms with van der Waals surface area (Å²) in [6.45, 7) is 5.41. The van der Waals surface area contributed by atoms with Crippen LogP contribution in [0.25, 0.3) is 0 Å². The van der Waals surface area contributed by atoms with Gasteiger partial charge in [0.15, 0.2) is 0 Å². The van der Waals surface area contributed by atoms with Gasteiger partial charge in [-0.1, -0.05) is 15.9 Å². The summed E-state index contributed by atoms with van der Waals surface area (Å²) in [5, 5.41) is 6.11. The molecule has 1 saturated carbocycles. The quantitative estimate of drug-likeness (QED) is 0.878. The first kappa shape index (κ1) is 13.6. The zero-order valence-corrected chi connectivity index (χ0v) is 12.4. The van der Waals surface area contributed by atoms with Crippen molar-refractivity contribution < 1.29 is 4.79 Å². The fourth-order valence-electron chi connectivity index (χ4n) is 1.94. The Labute approximate surface area is 116 Å². The molecule has 1 fully saturated rings. The largest absolute Gasteiger partial charge is 0.325 e. The van der Waals surface area contributed by atoms with E-state index < -0.39 is 0 Å². The molecule has 0 aromatic heterocycles. The summed E-state index contributed by atoms with van der Waals surface area (Å²) in [4.78, 5) is 11.7. The normalized spacial score (nSPS) is 14.6. The lowest BCUT2D eigenvalue weighted by Crippen LogP contribution is -2.29. The first-order chi connectivity index (χ1) is 8.56. The lowest BCUT2D eigenvalue weighted by atomic mass is 10.1. The van der Waals surface area contributed by atoms with Gasteiger partial charge >= 0.3 is 0 Å². The molecule has 0 unspecified atom stereocenters. The second kappa shape index (κ2) is 5.85. The van der Waals surface area contributed by atoms with Crippen LogP contribution < -0.4 is 10.6 Å². The van der Waals surface area contributed by atoms with E-state index in [9.17, 15) is 4.79 Å². The molecule has 0 aliphatic heterocycles. The maximum absolute atomic E-state index is 11.7. The molecular weight excluding hydrogens is 292 g/mol. The summed E-state index contributed by atoms with van der Waals surface area (Å²) in [5.41, 5.74) is 3.14. The molecule has 2 rings (SSSR count). The number of rotatable bonds is 5. The van der Waals surface area contributed by atoms with Crippen LogP contribution in [-0.2, 0) is 4.79 Å². The number of carbonyl (C=O) groups excluding carboxylic acids is 1. The molecule has 0 spiro atoms. The van der Waals surface area contributed by atoms with Gasteiger partial charge in [0, 0.05) is 10.2 Å². The number of hydrogen-bond acceptors (Lipinski definition) is 2. The fraction of sp³-hybridized carbons (Fsp3) is 0.500. The van der Waals surface area contributed by atoms with Crippen molar-refractivity contribution in [2.75, 3.05) is 18.4 Å². The van der Waals surface area contributed by atoms with Crippen LogP contribution in [0.3, 0.4) is 0 Å². The highest BCUT2D eigenvalue weighted by molar-refractivity contribution is 9.10. The standard InChI is InChI=1S/C14H19BrN2O/c1-9-5-12(6-10(2)14(9)15)17-13(18)8-16-7-11-3-4-11/h5-6,11,16H,3-4,7-8H2,1-2H3,(H,17,18). The number of anilines is 1. The van der Waals surface area contributed by atoms with Crippen LogP contribution in [0.5, 0.6) is 0 Å². The van der Waals surface area contributed by atoms with Crippen molar-refractivity contribution in [1.29, 1.82) is 0 Å². The molecule has 0 heterocycles. The van der Waals surface area contributed by atoms with Gasteiger partial charge in [0.05, 0.1) is 6.54 Å². The van der Waals surface area contributed by atoms with Crippen molar-refractivity contribution in [3.05, 3.63) is 27.7 Å². The Morgan fingerprint density at radius 1 is 1.33 bits per heavy atom. The Bertz CT molecular complexity index is 432. The summed E-state index contributed by atoms with van der Waals surface area (Å²) < 4.78 is 1.10.